The second-order valence-corrected chi connectivity index (χ2v) is 7.36. The summed E-state index contributed by atoms with van der Waals surface area (Å²) in [5.41, 5.74) is -0.120. The number of hydrogen-bond donors (Lipinski definition) is 1. The van der Waals surface area contributed by atoms with Crippen LogP contribution in [0.3, 0.4) is 0 Å². The largest absolute Gasteiger partial charge is 0.478 e. The zero-order valence-electron chi connectivity index (χ0n) is 11.8. The van der Waals surface area contributed by atoms with Gasteiger partial charge in [-0.3, -0.25) is 0 Å². The average Bonchev–Trinajstić information content (AvgIpc) is 2.36. The molecule has 0 amide bonds. The lowest BCUT2D eigenvalue weighted by Crippen LogP contribution is -2.38. The first-order valence-corrected chi connectivity index (χ1v) is 7.91. The van der Waals surface area contributed by atoms with Crippen LogP contribution >= 0.6 is 11.6 Å². The van der Waals surface area contributed by atoms with Crippen molar-refractivity contribution in [3.8, 4) is 0 Å². The van der Waals surface area contributed by atoms with Crippen LogP contribution in [-0.4, -0.2) is 36.9 Å². The molecule has 1 atom stereocenters. The van der Waals surface area contributed by atoms with Gasteiger partial charge in [0.25, 0.3) is 0 Å². The van der Waals surface area contributed by atoms with E-state index in [1.807, 2.05) is 20.8 Å². The van der Waals surface area contributed by atoms with Crippen LogP contribution in [0, 0.1) is 5.92 Å². The van der Waals surface area contributed by atoms with E-state index in [0.29, 0.717) is 0 Å². The lowest BCUT2D eigenvalue weighted by Gasteiger charge is -2.27. The van der Waals surface area contributed by atoms with Crippen LogP contribution in [0.25, 0.3) is 0 Å². The maximum atomic E-state index is 12.4. The molecule has 0 aliphatic heterocycles. The molecule has 1 aromatic rings. The molecule has 0 bridgehead atoms. The van der Waals surface area contributed by atoms with Crippen molar-refractivity contribution in [1.82, 2.24) is 4.31 Å². The summed E-state index contributed by atoms with van der Waals surface area (Å²) >= 11 is 5.81. The summed E-state index contributed by atoms with van der Waals surface area (Å²) in [5.74, 6) is -1.04. The van der Waals surface area contributed by atoms with E-state index in [-0.39, 0.29) is 27.4 Å². The predicted molar refractivity (Wildman–Crippen MR) is 77.7 cm³/mol. The van der Waals surface area contributed by atoms with E-state index in [2.05, 4.69) is 0 Å². The van der Waals surface area contributed by atoms with Crippen molar-refractivity contribution in [3.05, 3.63) is 28.8 Å². The molecule has 0 saturated heterocycles. The average molecular weight is 320 g/mol. The normalized spacial score (nSPS) is 13.8. The zero-order chi connectivity index (χ0) is 15.7. The Morgan fingerprint density at radius 3 is 2.25 bits per heavy atom. The first-order valence-electron chi connectivity index (χ1n) is 6.10. The summed E-state index contributed by atoms with van der Waals surface area (Å²) in [7, 11) is -2.19. The third-order valence-corrected chi connectivity index (χ3v) is 5.64. The molecule has 0 aliphatic carbocycles. The van der Waals surface area contributed by atoms with Gasteiger partial charge in [0.15, 0.2) is 0 Å². The number of aromatic carboxylic acids is 1. The predicted octanol–water partition coefficient (Wildman–Crippen LogP) is 2.70. The molecule has 0 heterocycles. The van der Waals surface area contributed by atoms with Crippen LogP contribution in [0.5, 0.6) is 0 Å². The number of halogens is 1. The fourth-order valence-electron chi connectivity index (χ4n) is 1.63. The molecule has 112 valence electrons. The van der Waals surface area contributed by atoms with E-state index in [0.717, 1.165) is 0 Å². The fourth-order valence-corrected chi connectivity index (χ4v) is 3.48. The molecule has 0 fully saturated rings. The molecule has 1 unspecified atom stereocenters. The first-order chi connectivity index (χ1) is 9.09. The van der Waals surface area contributed by atoms with Gasteiger partial charge in [-0.1, -0.05) is 25.4 Å². The summed E-state index contributed by atoms with van der Waals surface area (Å²) in [6.07, 6.45) is 0. The number of benzene rings is 1. The monoisotopic (exact) mass is 319 g/mol. The molecule has 0 aliphatic rings. The van der Waals surface area contributed by atoms with Gasteiger partial charge in [-0.25, -0.2) is 13.2 Å². The molecule has 0 saturated carbocycles. The van der Waals surface area contributed by atoms with E-state index in [1.54, 1.807) is 0 Å². The van der Waals surface area contributed by atoms with Crippen LogP contribution in [0.2, 0.25) is 5.02 Å². The molecule has 1 aromatic carbocycles. The van der Waals surface area contributed by atoms with Crippen molar-refractivity contribution in [2.24, 2.45) is 5.92 Å². The zero-order valence-corrected chi connectivity index (χ0v) is 13.4. The molecule has 5 nitrogen and oxygen atoms in total. The molecular formula is C13H18ClNO4S. The van der Waals surface area contributed by atoms with Crippen molar-refractivity contribution in [3.63, 3.8) is 0 Å². The van der Waals surface area contributed by atoms with E-state index < -0.39 is 16.0 Å². The highest BCUT2D eigenvalue weighted by Gasteiger charge is 2.27. The SMILES string of the molecule is CC(C)C(C)N(C)S(=O)(=O)c1ccc(C(=O)O)c(Cl)c1. The van der Waals surface area contributed by atoms with Gasteiger partial charge >= 0.3 is 5.97 Å². The van der Waals surface area contributed by atoms with Crippen LogP contribution in [0.4, 0.5) is 0 Å². The number of sulfonamides is 1. The Bertz CT molecular complexity index is 613. The Labute approximate surface area is 124 Å². The number of carbonyl (C=O) groups is 1. The van der Waals surface area contributed by atoms with Gasteiger partial charge in [0, 0.05) is 13.1 Å². The Hall–Kier alpha value is -1.11. The van der Waals surface area contributed by atoms with Crippen LogP contribution < -0.4 is 0 Å². The second kappa shape index (κ2) is 6.11. The van der Waals surface area contributed by atoms with Crippen LogP contribution in [-0.2, 0) is 10.0 Å². The minimum Gasteiger partial charge on any atom is -0.478 e. The summed E-state index contributed by atoms with van der Waals surface area (Å²) < 4.78 is 26.1. The van der Waals surface area contributed by atoms with Gasteiger partial charge in [-0.2, -0.15) is 4.31 Å². The Balaban J connectivity index is 3.23. The van der Waals surface area contributed by atoms with E-state index in [9.17, 15) is 13.2 Å². The number of hydrogen-bond acceptors (Lipinski definition) is 3. The molecule has 1 N–H and O–H groups in total. The molecule has 1 rings (SSSR count). The highest BCUT2D eigenvalue weighted by Crippen LogP contribution is 2.25. The summed E-state index contributed by atoms with van der Waals surface area (Å²) in [6.45, 7) is 5.67. The van der Waals surface area contributed by atoms with Crippen molar-refractivity contribution in [2.75, 3.05) is 7.05 Å². The highest BCUT2D eigenvalue weighted by atomic mass is 35.5. The van der Waals surface area contributed by atoms with Gasteiger partial charge in [-0.15, -0.1) is 0 Å². The number of nitrogens with zero attached hydrogens (tertiary/aromatic N) is 1. The highest BCUT2D eigenvalue weighted by molar-refractivity contribution is 7.89. The maximum Gasteiger partial charge on any atom is 0.337 e. The van der Waals surface area contributed by atoms with Gasteiger partial charge in [0.2, 0.25) is 10.0 Å². The lowest BCUT2D eigenvalue weighted by molar-refractivity contribution is 0.0697. The minimum atomic E-state index is -3.69. The molecule has 0 spiro atoms. The lowest BCUT2D eigenvalue weighted by atomic mass is 10.1. The first kappa shape index (κ1) is 16.9. The van der Waals surface area contributed by atoms with Gasteiger partial charge in [0.1, 0.15) is 0 Å². The summed E-state index contributed by atoms with van der Waals surface area (Å²) in [6, 6.07) is 3.45. The van der Waals surface area contributed by atoms with Crippen molar-refractivity contribution < 1.29 is 18.3 Å². The summed E-state index contributed by atoms with van der Waals surface area (Å²) in [4.78, 5) is 10.9. The van der Waals surface area contributed by atoms with E-state index in [1.165, 1.54) is 29.6 Å². The molecule has 0 radical (unpaired) electrons. The molecule has 0 aromatic heterocycles. The minimum absolute atomic E-state index is 0.0116. The summed E-state index contributed by atoms with van der Waals surface area (Å²) in [5, 5.41) is 8.79. The topological polar surface area (TPSA) is 74.7 Å². The molecule has 20 heavy (non-hydrogen) atoms. The fraction of sp³-hybridized carbons (Fsp3) is 0.462. The Morgan fingerprint density at radius 2 is 1.85 bits per heavy atom. The van der Waals surface area contributed by atoms with Gasteiger partial charge < -0.3 is 5.11 Å². The van der Waals surface area contributed by atoms with Crippen molar-refractivity contribution >= 4 is 27.6 Å². The van der Waals surface area contributed by atoms with E-state index >= 15 is 0 Å². The standard InChI is InChI=1S/C13H18ClNO4S/c1-8(2)9(3)15(4)20(18,19)10-5-6-11(13(16)17)12(14)7-10/h5-9H,1-4H3,(H,16,17). The number of carboxylic acids is 1. The maximum absolute atomic E-state index is 12.4. The smallest absolute Gasteiger partial charge is 0.337 e. The third kappa shape index (κ3) is 3.31. The van der Waals surface area contributed by atoms with Crippen LogP contribution in [0.15, 0.2) is 23.1 Å². The van der Waals surface area contributed by atoms with Crippen molar-refractivity contribution in [1.29, 1.82) is 0 Å². The van der Waals surface area contributed by atoms with E-state index in [4.69, 9.17) is 16.7 Å². The number of rotatable bonds is 5. The Morgan fingerprint density at radius 1 is 1.30 bits per heavy atom. The van der Waals surface area contributed by atoms with Crippen molar-refractivity contribution in [2.45, 2.75) is 31.7 Å². The quantitative estimate of drug-likeness (QED) is 0.905. The van der Waals surface area contributed by atoms with Gasteiger partial charge in [-0.05, 0) is 31.0 Å². The van der Waals surface area contributed by atoms with Crippen LogP contribution in [0.1, 0.15) is 31.1 Å². The molecule has 7 heteroatoms. The number of carboxylic acid groups (broad SMARTS) is 1. The van der Waals surface area contributed by atoms with Gasteiger partial charge in [0.05, 0.1) is 15.5 Å². The Kier molecular flexibility index (Phi) is 5.18. The molecular weight excluding hydrogens is 302 g/mol. The third-order valence-electron chi connectivity index (χ3n) is 3.39. The second-order valence-electron chi connectivity index (χ2n) is 4.95.